The zero-order chi connectivity index (χ0) is 76.8. The summed E-state index contributed by atoms with van der Waals surface area (Å²) in [6, 6.07) is 144. The fourth-order valence-corrected chi connectivity index (χ4v) is 16.9. The highest BCUT2D eigenvalue weighted by atomic mass is 16.1. The fraction of sp³-hybridized carbons (Fsp3) is 0.0278. The van der Waals surface area contributed by atoms with E-state index in [0.29, 0.717) is 5.39 Å². The normalized spacial score (nSPS) is 11.9. The topological polar surface area (TPSA) is 66.0 Å². The van der Waals surface area contributed by atoms with Gasteiger partial charge in [-0.1, -0.05) is 341 Å². The summed E-state index contributed by atoms with van der Waals surface area (Å²) < 4.78 is 5.74. The summed E-state index contributed by atoms with van der Waals surface area (Å²) >= 11 is 0. The molecule has 0 fully saturated rings. The van der Waals surface area contributed by atoms with Crippen molar-refractivity contribution in [3.05, 3.63) is 461 Å². The minimum atomic E-state index is -0.294. The molecule has 0 radical (unpaired) electrons. The second-order valence-electron chi connectivity index (χ2n) is 29.7. The Morgan fingerprint density at radius 3 is 1.03 bits per heavy atom. The number of nitrogens with zero attached hydrogens (tertiary/aromatic N) is 3. The van der Waals surface area contributed by atoms with Crippen LogP contribution < -0.4 is 16.7 Å². The Morgan fingerprint density at radius 2 is 0.535 bits per heavy atom. The summed E-state index contributed by atoms with van der Waals surface area (Å²) in [5.41, 5.74) is 25.3. The maximum Gasteiger partial charge on any atom is 0.263 e. The standard InChI is InChI=1S/C43H29NO.C34H25NO.C31H21NO/c45-43-39-24-14-13-23-38(39)42-40(33-21-11-4-12-22-33)28-36(32-19-9-3-10-20-32)29-41(42)44(43)37-26-34(30-15-5-1-6-16-30)25-35(27-37)31-17-7-2-8-18-31;1-34(2)29-20-24(22-11-5-3-6-12-22)17-18-31(29)35-32-28(26-15-9-10-16-27(26)33(35)36)19-25(21-30(32)34)23-13-7-4-8-14-23;33-31-29-17-8-7-16-27(29)28-19-18-25(23-12-5-2-6-13-23)21-30(28)32(31)26-15-9-14-24(20-26)22-10-3-1-4-11-22/h1-29H;3-21H,1-2H3;1-21H. The second kappa shape index (κ2) is 29.5. The molecule has 17 aromatic carbocycles. The third-order valence-corrected chi connectivity index (χ3v) is 22.6. The molecular formula is C108H75N3O3. The smallest absolute Gasteiger partial charge is 0.263 e. The quantitative estimate of drug-likeness (QED) is 0.128. The molecule has 0 bridgehead atoms. The lowest BCUT2D eigenvalue weighted by Crippen LogP contribution is -2.32. The van der Waals surface area contributed by atoms with Crippen LogP contribution in [0.3, 0.4) is 0 Å². The van der Waals surface area contributed by atoms with Gasteiger partial charge >= 0.3 is 0 Å². The number of fused-ring (bicyclic) bond motifs is 10. The summed E-state index contributed by atoms with van der Waals surface area (Å²) in [6.07, 6.45) is 0. The van der Waals surface area contributed by atoms with Crippen LogP contribution in [0, 0.1) is 0 Å². The van der Waals surface area contributed by atoms with Crippen molar-refractivity contribution in [1.82, 2.24) is 13.7 Å². The first kappa shape index (κ1) is 69.6. The van der Waals surface area contributed by atoms with Crippen molar-refractivity contribution in [2.24, 2.45) is 0 Å². The molecule has 1 aliphatic rings. The molecule has 3 aromatic heterocycles. The van der Waals surface area contributed by atoms with Crippen molar-refractivity contribution in [2.45, 2.75) is 19.3 Å². The van der Waals surface area contributed by atoms with E-state index < -0.39 is 0 Å². The van der Waals surface area contributed by atoms with Gasteiger partial charge in [0.1, 0.15) is 0 Å². The minimum absolute atomic E-state index is 0.00600. The Labute approximate surface area is 660 Å². The number of pyridine rings is 3. The molecule has 0 saturated carbocycles. The zero-order valence-electron chi connectivity index (χ0n) is 62.9. The number of hydrogen-bond donors (Lipinski definition) is 0. The predicted molar refractivity (Wildman–Crippen MR) is 477 cm³/mol. The fourth-order valence-electron chi connectivity index (χ4n) is 16.9. The van der Waals surface area contributed by atoms with E-state index in [2.05, 4.69) is 287 Å². The Balaban J connectivity index is 0.000000116. The van der Waals surface area contributed by atoms with Crippen LogP contribution in [0.2, 0.25) is 0 Å². The summed E-state index contributed by atoms with van der Waals surface area (Å²) in [7, 11) is 0. The van der Waals surface area contributed by atoms with Crippen LogP contribution in [-0.4, -0.2) is 13.7 Å². The van der Waals surface area contributed by atoms with Gasteiger partial charge in [0.15, 0.2) is 0 Å². The Morgan fingerprint density at radius 1 is 0.202 bits per heavy atom. The SMILES string of the molecule is CC1(C)c2cc(-c3ccccc3)ccc2-n2c(=O)c3ccccc3c3cc(-c4ccccc4)cc1c32.O=c1c2ccccc2c2c(-c3ccccc3)cc(-c3ccccc3)cc2n1-c1cc(-c2ccccc2)cc(-c2ccccc2)c1.O=c1c2ccccc2c2ccc(-c3ccccc3)cc2n1-c1cccc(-c2ccccc2)c1. The van der Waals surface area contributed by atoms with Crippen molar-refractivity contribution >= 4 is 65.0 Å². The van der Waals surface area contributed by atoms with Crippen LogP contribution in [0.4, 0.5) is 0 Å². The Kier molecular flexibility index (Phi) is 18.0. The van der Waals surface area contributed by atoms with Gasteiger partial charge in [0.2, 0.25) is 0 Å². The molecule has 0 saturated heterocycles. The molecule has 0 amide bonds. The van der Waals surface area contributed by atoms with Crippen molar-refractivity contribution < 1.29 is 0 Å². The van der Waals surface area contributed by atoms with Gasteiger partial charge in [-0.25, -0.2) is 0 Å². The molecule has 0 aliphatic carbocycles. The average molecular weight is 1460 g/mol. The van der Waals surface area contributed by atoms with Gasteiger partial charge in [0, 0.05) is 43.4 Å². The van der Waals surface area contributed by atoms with Gasteiger partial charge in [-0.3, -0.25) is 28.1 Å². The number of rotatable bonds is 10. The van der Waals surface area contributed by atoms with E-state index in [1.165, 1.54) is 27.8 Å². The molecule has 0 N–H and O–H groups in total. The molecule has 114 heavy (non-hydrogen) atoms. The molecule has 540 valence electrons. The minimum Gasteiger partial charge on any atom is -0.276 e. The second-order valence-corrected chi connectivity index (χ2v) is 29.7. The third kappa shape index (κ3) is 12.7. The lowest BCUT2D eigenvalue weighted by Gasteiger charge is -2.36. The highest BCUT2D eigenvalue weighted by Crippen LogP contribution is 2.48. The number of benzene rings is 17. The van der Waals surface area contributed by atoms with Gasteiger partial charge in [-0.15, -0.1) is 0 Å². The third-order valence-electron chi connectivity index (χ3n) is 22.6. The molecule has 0 unspecified atom stereocenters. The molecule has 6 nitrogen and oxygen atoms in total. The van der Waals surface area contributed by atoms with Gasteiger partial charge in [-0.05, 0) is 207 Å². The molecule has 6 heteroatoms. The van der Waals surface area contributed by atoms with E-state index in [0.717, 1.165) is 149 Å². The summed E-state index contributed by atoms with van der Waals surface area (Å²) in [5.74, 6) is 0. The molecule has 1 aliphatic heterocycles. The van der Waals surface area contributed by atoms with Crippen LogP contribution in [0.15, 0.2) is 433 Å². The summed E-state index contributed by atoms with van der Waals surface area (Å²) in [6.45, 7) is 4.57. The van der Waals surface area contributed by atoms with E-state index in [1.807, 2.05) is 159 Å². The molecule has 4 heterocycles. The number of aromatic nitrogens is 3. The van der Waals surface area contributed by atoms with E-state index >= 15 is 0 Å². The van der Waals surface area contributed by atoms with Gasteiger partial charge in [0.05, 0.1) is 27.9 Å². The lowest BCUT2D eigenvalue weighted by molar-refractivity contribution is 0.626. The van der Waals surface area contributed by atoms with Crippen molar-refractivity contribution in [3.8, 4) is 106 Å². The van der Waals surface area contributed by atoms with Gasteiger partial charge in [-0.2, -0.15) is 0 Å². The molecule has 21 rings (SSSR count). The van der Waals surface area contributed by atoms with Gasteiger partial charge < -0.3 is 0 Å². The van der Waals surface area contributed by atoms with Crippen molar-refractivity contribution in [2.75, 3.05) is 0 Å². The molecule has 20 aromatic rings. The summed E-state index contributed by atoms with van der Waals surface area (Å²) in [5, 5.41) is 8.35. The highest BCUT2D eigenvalue weighted by molar-refractivity contribution is 6.15. The molecular weight excluding hydrogens is 1390 g/mol. The first-order valence-electron chi connectivity index (χ1n) is 38.7. The Hall–Kier alpha value is -14.9. The summed E-state index contributed by atoms with van der Waals surface area (Å²) in [4.78, 5) is 42.5. The monoisotopic (exact) mass is 1460 g/mol. The average Bonchev–Trinajstić information content (AvgIpc) is 0.702. The molecule has 0 atom stereocenters. The van der Waals surface area contributed by atoms with Crippen LogP contribution >= 0.6 is 0 Å². The lowest BCUT2D eigenvalue weighted by atomic mass is 9.72. The largest absolute Gasteiger partial charge is 0.276 e. The van der Waals surface area contributed by atoms with E-state index in [-0.39, 0.29) is 22.1 Å². The van der Waals surface area contributed by atoms with Crippen LogP contribution in [-0.2, 0) is 5.41 Å². The van der Waals surface area contributed by atoms with Gasteiger partial charge in [0.25, 0.3) is 16.7 Å². The molecule has 0 spiro atoms. The van der Waals surface area contributed by atoms with E-state index in [1.54, 1.807) is 0 Å². The van der Waals surface area contributed by atoms with Crippen molar-refractivity contribution in [1.29, 1.82) is 0 Å². The maximum atomic E-state index is 14.7. The van der Waals surface area contributed by atoms with Crippen molar-refractivity contribution in [3.63, 3.8) is 0 Å². The van der Waals surface area contributed by atoms with Crippen LogP contribution in [0.25, 0.3) is 171 Å². The van der Waals surface area contributed by atoms with Crippen LogP contribution in [0.5, 0.6) is 0 Å². The Bertz CT molecular complexity index is 7210. The number of hydrogen-bond acceptors (Lipinski definition) is 3. The first-order valence-corrected chi connectivity index (χ1v) is 38.7. The maximum absolute atomic E-state index is 14.7. The highest BCUT2D eigenvalue weighted by Gasteiger charge is 2.36. The van der Waals surface area contributed by atoms with E-state index in [4.69, 9.17) is 0 Å². The zero-order valence-corrected chi connectivity index (χ0v) is 62.9. The first-order chi connectivity index (χ1) is 56.1. The predicted octanol–water partition coefficient (Wildman–Crippen LogP) is 26.4. The van der Waals surface area contributed by atoms with E-state index in [9.17, 15) is 14.4 Å². The van der Waals surface area contributed by atoms with Crippen LogP contribution in [0.1, 0.15) is 25.0 Å².